The van der Waals surface area contributed by atoms with Crippen molar-refractivity contribution in [1.29, 1.82) is 0 Å². The van der Waals surface area contributed by atoms with Crippen LogP contribution < -0.4 is 0 Å². The van der Waals surface area contributed by atoms with Gasteiger partial charge in [-0.05, 0) is 11.7 Å². The topological polar surface area (TPSA) is 0 Å². The van der Waals surface area contributed by atoms with Gasteiger partial charge in [-0.25, -0.2) is 0 Å². The van der Waals surface area contributed by atoms with Crippen LogP contribution in [0.3, 0.4) is 0 Å². The fraction of sp³-hybridized carbons (Fsp3) is 1.00. The van der Waals surface area contributed by atoms with Crippen LogP contribution in [-0.4, -0.2) is 13.0 Å². The maximum atomic E-state index is 2.40. The van der Waals surface area contributed by atoms with E-state index >= 15 is 0 Å². The highest BCUT2D eigenvalue weighted by Gasteiger charge is 2.13. The van der Waals surface area contributed by atoms with Crippen molar-refractivity contribution in [1.82, 2.24) is 0 Å². The maximum absolute atomic E-state index is 2.40. The predicted octanol–water partition coefficient (Wildman–Crippen LogP) is 3.21. The molecule has 0 aromatic heterocycles. The molecule has 0 aliphatic heterocycles. The molecule has 0 aromatic rings. The molecule has 0 unspecified atom stereocenters. The second-order valence-electron chi connectivity index (χ2n) is 3.82. The molecule has 0 atom stereocenters. The third kappa shape index (κ3) is 8.57. The van der Waals surface area contributed by atoms with Gasteiger partial charge in [0.2, 0.25) is 0 Å². The van der Waals surface area contributed by atoms with Gasteiger partial charge in [-0.3, -0.25) is 0 Å². The molecule has 0 spiro atoms. The molecule has 0 aliphatic rings. The van der Waals surface area contributed by atoms with Crippen LogP contribution in [0.4, 0.5) is 0 Å². The third-order valence-corrected chi connectivity index (χ3v) is 5.65. The zero-order chi connectivity index (χ0) is 7.49. The summed E-state index contributed by atoms with van der Waals surface area (Å²) >= 11 is 2.18. The van der Waals surface area contributed by atoms with Gasteiger partial charge in [-0.2, -0.15) is 11.2 Å². The number of rotatable bonds is 3. The SMILES string of the molecule is CC(C)CS[Si](C)(C)C. The Morgan fingerprint density at radius 2 is 1.67 bits per heavy atom. The molecule has 0 bridgehead atoms. The van der Waals surface area contributed by atoms with E-state index in [0.29, 0.717) is 0 Å². The molecule has 0 saturated carbocycles. The van der Waals surface area contributed by atoms with Gasteiger partial charge < -0.3 is 0 Å². The van der Waals surface area contributed by atoms with Crippen molar-refractivity contribution in [2.75, 3.05) is 5.75 Å². The molecule has 0 amide bonds. The molecule has 0 N–H and O–H groups in total. The molecule has 0 heterocycles. The van der Waals surface area contributed by atoms with E-state index in [1.165, 1.54) is 5.75 Å². The summed E-state index contributed by atoms with van der Waals surface area (Å²) in [6.07, 6.45) is 0. The van der Waals surface area contributed by atoms with Crippen molar-refractivity contribution in [3.8, 4) is 0 Å². The average molecular weight is 162 g/mol. The molecule has 0 aliphatic carbocycles. The highest BCUT2D eigenvalue weighted by atomic mass is 32.4. The van der Waals surface area contributed by atoms with Gasteiger partial charge in [0.25, 0.3) is 0 Å². The van der Waals surface area contributed by atoms with Crippen LogP contribution in [0.5, 0.6) is 0 Å². The molecule has 9 heavy (non-hydrogen) atoms. The lowest BCUT2D eigenvalue weighted by Gasteiger charge is -2.16. The van der Waals surface area contributed by atoms with Crippen molar-refractivity contribution < 1.29 is 0 Å². The van der Waals surface area contributed by atoms with Gasteiger partial charge >= 0.3 is 0 Å². The van der Waals surface area contributed by atoms with Crippen LogP contribution in [0.15, 0.2) is 0 Å². The van der Waals surface area contributed by atoms with E-state index < -0.39 is 7.22 Å². The minimum absolute atomic E-state index is 0.803. The van der Waals surface area contributed by atoms with E-state index in [4.69, 9.17) is 0 Å². The zero-order valence-corrected chi connectivity index (χ0v) is 9.01. The Balaban J connectivity index is 3.28. The van der Waals surface area contributed by atoms with Gasteiger partial charge in [0.05, 0.1) is 0 Å². The molecule has 0 fully saturated rings. The molecule has 0 aromatic carbocycles. The molecular formula is C7H18SSi. The maximum Gasteiger partial charge on any atom is 0.108 e. The largest absolute Gasteiger partial charge is 0.186 e. The summed E-state index contributed by atoms with van der Waals surface area (Å²) in [7, 11) is -0.803. The fourth-order valence-corrected chi connectivity index (χ4v) is 3.75. The second kappa shape index (κ2) is 3.67. The van der Waals surface area contributed by atoms with Crippen LogP contribution in [0.1, 0.15) is 13.8 Å². The molecule has 0 saturated heterocycles. The smallest absolute Gasteiger partial charge is 0.108 e. The Kier molecular flexibility index (Phi) is 3.90. The summed E-state index contributed by atoms with van der Waals surface area (Å²) in [6, 6.07) is 0. The van der Waals surface area contributed by atoms with Crippen molar-refractivity contribution >= 4 is 18.4 Å². The molecule has 0 rings (SSSR count). The summed E-state index contributed by atoms with van der Waals surface area (Å²) in [5.74, 6) is 2.21. The lowest BCUT2D eigenvalue weighted by molar-refractivity contribution is 0.752. The first-order valence-corrected chi connectivity index (χ1v) is 8.77. The summed E-state index contributed by atoms with van der Waals surface area (Å²) in [5, 5.41) is 0. The standard InChI is InChI=1S/C7H18SSi/c1-7(2)6-8-9(3,4)5/h7H,6H2,1-5H3. The van der Waals surface area contributed by atoms with Crippen molar-refractivity contribution in [3.05, 3.63) is 0 Å². The molecule has 56 valence electrons. The quantitative estimate of drug-likeness (QED) is 0.574. The first-order valence-electron chi connectivity index (χ1n) is 3.56. The van der Waals surface area contributed by atoms with E-state index in [1.54, 1.807) is 0 Å². The molecule has 0 radical (unpaired) electrons. The fourth-order valence-electron chi connectivity index (χ4n) is 0.417. The normalized spacial score (nSPS) is 12.7. The van der Waals surface area contributed by atoms with E-state index in [1.807, 2.05) is 0 Å². The van der Waals surface area contributed by atoms with Crippen molar-refractivity contribution in [3.63, 3.8) is 0 Å². The summed E-state index contributed by atoms with van der Waals surface area (Å²) < 4.78 is 0. The Morgan fingerprint density at radius 3 is 1.78 bits per heavy atom. The van der Waals surface area contributed by atoms with Crippen LogP contribution in [0.25, 0.3) is 0 Å². The third-order valence-electron chi connectivity index (χ3n) is 0.850. The van der Waals surface area contributed by atoms with Crippen molar-refractivity contribution in [2.45, 2.75) is 33.5 Å². The van der Waals surface area contributed by atoms with Crippen molar-refractivity contribution in [2.24, 2.45) is 5.92 Å². The van der Waals surface area contributed by atoms with E-state index in [9.17, 15) is 0 Å². The lowest BCUT2D eigenvalue weighted by Crippen LogP contribution is -2.16. The van der Waals surface area contributed by atoms with Crippen LogP contribution in [0.2, 0.25) is 19.6 Å². The summed E-state index contributed by atoms with van der Waals surface area (Å²) in [4.78, 5) is 0. The van der Waals surface area contributed by atoms with Crippen LogP contribution in [0, 0.1) is 5.92 Å². The molecular weight excluding hydrogens is 144 g/mol. The van der Waals surface area contributed by atoms with Gasteiger partial charge in [-0.1, -0.05) is 33.5 Å². The highest BCUT2D eigenvalue weighted by Crippen LogP contribution is 2.21. The second-order valence-corrected chi connectivity index (χ2v) is 13.2. The number of hydrogen-bond acceptors (Lipinski definition) is 1. The lowest BCUT2D eigenvalue weighted by atomic mass is 10.3. The van der Waals surface area contributed by atoms with Gasteiger partial charge in [0.15, 0.2) is 0 Å². The van der Waals surface area contributed by atoms with E-state index in [0.717, 1.165) is 5.92 Å². The van der Waals surface area contributed by atoms with Gasteiger partial charge in [0.1, 0.15) is 7.22 Å². The Labute approximate surface area is 64.1 Å². The average Bonchev–Trinajstić information content (AvgIpc) is 1.59. The Hall–Kier alpha value is 0.567. The monoisotopic (exact) mass is 162 g/mol. The minimum atomic E-state index is -0.803. The molecule has 2 heteroatoms. The zero-order valence-electron chi connectivity index (χ0n) is 7.19. The molecule has 0 nitrogen and oxygen atoms in total. The van der Waals surface area contributed by atoms with E-state index in [-0.39, 0.29) is 0 Å². The number of hydrogen-bond donors (Lipinski definition) is 0. The highest BCUT2D eigenvalue weighted by molar-refractivity contribution is 8.28. The first-order chi connectivity index (χ1) is 3.92. The van der Waals surface area contributed by atoms with Gasteiger partial charge in [0, 0.05) is 0 Å². The predicted molar refractivity (Wildman–Crippen MR) is 50.6 cm³/mol. The van der Waals surface area contributed by atoms with Crippen LogP contribution >= 0.6 is 11.2 Å². The van der Waals surface area contributed by atoms with Gasteiger partial charge in [-0.15, -0.1) is 0 Å². The van der Waals surface area contributed by atoms with Crippen LogP contribution in [-0.2, 0) is 0 Å². The summed E-state index contributed by atoms with van der Waals surface area (Å²) in [6.45, 7) is 11.8. The Bertz CT molecular complexity index is 73.5. The Morgan fingerprint density at radius 1 is 1.22 bits per heavy atom. The summed E-state index contributed by atoms with van der Waals surface area (Å²) in [5.41, 5.74) is 0. The first kappa shape index (κ1) is 9.57. The van der Waals surface area contributed by atoms with E-state index in [2.05, 4.69) is 44.7 Å². The minimum Gasteiger partial charge on any atom is -0.186 e.